The van der Waals surface area contributed by atoms with E-state index >= 15 is 0 Å². The van der Waals surface area contributed by atoms with E-state index in [2.05, 4.69) is 36.1 Å². The van der Waals surface area contributed by atoms with E-state index in [-0.39, 0.29) is 0 Å². The van der Waals surface area contributed by atoms with Gasteiger partial charge in [0.15, 0.2) is 12.2 Å². The SMILES string of the molecule is C[Si](C)(C)C#Cc1ccc(-c2cnco2)cc1. The molecule has 0 amide bonds. The minimum Gasteiger partial charge on any atom is -0.444 e. The van der Waals surface area contributed by atoms with E-state index in [4.69, 9.17) is 4.42 Å². The van der Waals surface area contributed by atoms with Crippen LogP contribution in [0.4, 0.5) is 0 Å². The van der Waals surface area contributed by atoms with Crippen molar-refractivity contribution < 1.29 is 4.42 Å². The third-order valence-electron chi connectivity index (χ3n) is 2.18. The van der Waals surface area contributed by atoms with Crippen LogP contribution in [-0.4, -0.2) is 13.1 Å². The van der Waals surface area contributed by atoms with Crippen LogP contribution >= 0.6 is 0 Å². The molecule has 0 fully saturated rings. The summed E-state index contributed by atoms with van der Waals surface area (Å²) in [5.41, 5.74) is 5.43. The molecular formula is C14H15NOSi. The first-order valence-electron chi connectivity index (χ1n) is 5.57. The van der Waals surface area contributed by atoms with Crippen molar-refractivity contribution in [3.05, 3.63) is 42.4 Å². The van der Waals surface area contributed by atoms with Crippen LogP contribution < -0.4 is 0 Å². The Morgan fingerprint density at radius 2 is 1.82 bits per heavy atom. The molecule has 86 valence electrons. The van der Waals surface area contributed by atoms with Gasteiger partial charge in [-0.1, -0.05) is 25.6 Å². The van der Waals surface area contributed by atoms with E-state index in [0.29, 0.717) is 0 Å². The van der Waals surface area contributed by atoms with E-state index in [0.717, 1.165) is 16.9 Å². The van der Waals surface area contributed by atoms with E-state index in [1.165, 1.54) is 6.39 Å². The van der Waals surface area contributed by atoms with Gasteiger partial charge < -0.3 is 4.42 Å². The van der Waals surface area contributed by atoms with Crippen LogP contribution in [0, 0.1) is 11.5 Å². The number of hydrogen-bond acceptors (Lipinski definition) is 2. The van der Waals surface area contributed by atoms with Crippen molar-refractivity contribution in [3.8, 4) is 22.8 Å². The highest BCUT2D eigenvalue weighted by molar-refractivity contribution is 6.83. The minimum absolute atomic E-state index is 0.787. The van der Waals surface area contributed by atoms with E-state index in [1.54, 1.807) is 6.20 Å². The van der Waals surface area contributed by atoms with Gasteiger partial charge in [-0.2, -0.15) is 0 Å². The maximum absolute atomic E-state index is 5.23. The summed E-state index contributed by atoms with van der Waals surface area (Å²) < 4.78 is 5.23. The molecule has 1 aromatic carbocycles. The van der Waals surface area contributed by atoms with Gasteiger partial charge in [0.2, 0.25) is 0 Å². The molecule has 0 unspecified atom stereocenters. The number of aromatic nitrogens is 1. The van der Waals surface area contributed by atoms with Crippen molar-refractivity contribution in [1.82, 2.24) is 4.98 Å². The zero-order valence-corrected chi connectivity index (χ0v) is 11.3. The van der Waals surface area contributed by atoms with Crippen LogP contribution in [0.3, 0.4) is 0 Å². The molecule has 0 atom stereocenters. The normalized spacial score (nSPS) is 10.8. The zero-order valence-electron chi connectivity index (χ0n) is 10.3. The molecule has 2 aromatic rings. The van der Waals surface area contributed by atoms with Crippen LogP contribution in [0.2, 0.25) is 19.6 Å². The van der Waals surface area contributed by atoms with Gasteiger partial charge in [0, 0.05) is 11.1 Å². The monoisotopic (exact) mass is 241 g/mol. The fourth-order valence-corrected chi connectivity index (χ4v) is 1.86. The molecule has 0 saturated carbocycles. The molecule has 0 aliphatic rings. The van der Waals surface area contributed by atoms with Crippen molar-refractivity contribution in [3.63, 3.8) is 0 Å². The second kappa shape index (κ2) is 4.60. The van der Waals surface area contributed by atoms with Gasteiger partial charge in [0.25, 0.3) is 0 Å². The lowest BCUT2D eigenvalue weighted by Crippen LogP contribution is -2.16. The molecule has 2 rings (SSSR count). The van der Waals surface area contributed by atoms with Gasteiger partial charge in [0.1, 0.15) is 8.07 Å². The molecule has 0 saturated heterocycles. The van der Waals surface area contributed by atoms with Crippen LogP contribution in [0.1, 0.15) is 5.56 Å². The summed E-state index contributed by atoms with van der Waals surface area (Å²) in [6, 6.07) is 8.06. The molecule has 0 N–H and O–H groups in total. The number of oxazole rings is 1. The first-order chi connectivity index (χ1) is 8.04. The standard InChI is InChI=1S/C14H15NOSi/c1-17(2,3)9-8-12-4-6-13(7-5-12)14-10-15-11-16-14/h4-7,10-11H,1-3H3. The highest BCUT2D eigenvalue weighted by Crippen LogP contribution is 2.18. The Balaban J connectivity index is 2.21. The second-order valence-corrected chi connectivity index (χ2v) is 9.69. The van der Waals surface area contributed by atoms with Crippen LogP contribution in [0.5, 0.6) is 0 Å². The fraction of sp³-hybridized carbons (Fsp3) is 0.214. The van der Waals surface area contributed by atoms with Gasteiger partial charge in [-0.3, -0.25) is 0 Å². The molecular weight excluding hydrogens is 226 g/mol. The van der Waals surface area contributed by atoms with E-state index in [1.807, 2.05) is 24.3 Å². The van der Waals surface area contributed by atoms with Gasteiger partial charge in [-0.15, -0.1) is 5.54 Å². The molecule has 0 aliphatic carbocycles. The maximum atomic E-state index is 5.23. The molecule has 1 aromatic heterocycles. The largest absolute Gasteiger partial charge is 0.444 e. The Bertz CT molecular complexity index is 539. The Morgan fingerprint density at radius 3 is 2.35 bits per heavy atom. The fourth-order valence-electron chi connectivity index (χ4n) is 1.34. The molecule has 0 bridgehead atoms. The Hall–Kier alpha value is -1.79. The summed E-state index contributed by atoms with van der Waals surface area (Å²) in [5.74, 6) is 4.01. The third-order valence-corrected chi connectivity index (χ3v) is 3.06. The Labute approximate surface area is 103 Å². The highest BCUT2D eigenvalue weighted by Gasteiger charge is 2.07. The number of nitrogens with zero attached hydrogens (tertiary/aromatic N) is 1. The summed E-state index contributed by atoms with van der Waals surface area (Å²) in [6.45, 7) is 6.72. The molecule has 2 nitrogen and oxygen atoms in total. The summed E-state index contributed by atoms with van der Waals surface area (Å²) in [4.78, 5) is 3.90. The van der Waals surface area contributed by atoms with Crippen molar-refractivity contribution in [2.75, 3.05) is 0 Å². The van der Waals surface area contributed by atoms with Gasteiger partial charge >= 0.3 is 0 Å². The van der Waals surface area contributed by atoms with Crippen LogP contribution in [-0.2, 0) is 0 Å². The van der Waals surface area contributed by atoms with Gasteiger partial charge in [0.05, 0.1) is 6.20 Å². The molecule has 0 spiro atoms. The second-order valence-electron chi connectivity index (χ2n) is 4.94. The molecule has 1 heterocycles. The summed E-state index contributed by atoms with van der Waals surface area (Å²) in [6.07, 6.45) is 3.15. The number of hydrogen-bond donors (Lipinski definition) is 0. The van der Waals surface area contributed by atoms with Crippen molar-refractivity contribution in [2.24, 2.45) is 0 Å². The quantitative estimate of drug-likeness (QED) is 0.563. The van der Waals surface area contributed by atoms with Crippen molar-refractivity contribution in [1.29, 1.82) is 0 Å². The molecule has 0 radical (unpaired) electrons. The first kappa shape index (κ1) is 11.7. The smallest absolute Gasteiger partial charge is 0.181 e. The molecule has 3 heteroatoms. The lowest BCUT2D eigenvalue weighted by Gasteiger charge is -2.03. The average molecular weight is 241 g/mol. The van der Waals surface area contributed by atoms with E-state index < -0.39 is 8.07 Å². The third kappa shape index (κ3) is 3.33. The van der Waals surface area contributed by atoms with E-state index in [9.17, 15) is 0 Å². The summed E-state index contributed by atoms with van der Waals surface area (Å²) in [5, 5.41) is 0. The predicted molar refractivity (Wildman–Crippen MR) is 72.2 cm³/mol. The average Bonchev–Trinajstić information content (AvgIpc) is 2.79. The maximum Gasteiger partial charge on any atom is 0.181 e. The summed E-state index contributed by atoms with van der Waals surface area (Å²) >= 11 is 0. The van der Waals surface area contributed by atoms with Crippen LogP contribution in [0.15, 0.2) is 41.3 Å². The lowest BCUT2D eigenvalue weighted by atomic mass is 10.1. The van der Waals surface area contributed by atoms with Crippen molar-refractivity contribution in [2.45, 2.75) is 19.6 Å². The topological polar surface area (TPSA) is 26.0 Å². The Morgan fingerprint density at radius 1 is 1.12 bits per heavy atom. The highest BCUT2D eigenvalue weighted by atomic mass is 28.3. The number of rotatable bonds is 1. The molecule has 0 aliphatic heterocycles. The van der Waals surface area contributed by atoms with Crippen molar-refractivity contribution >= 4 is 8.07 Å². The molecule has 17 heavy (non-hydrogen) atoms. The summed E-state index contributed by atoms with van der Waals surface area (Å²) in [7, 11) is -1.30. The first-order valence-corrected chi connectivity index (χ1v) is 9.07. The zero-order chi connectivity index (χ0) is 12.3. The number of benzene rings is 1. The van der Waals surface area contributed by atoms with Crippen LogP contribution in [0.25, 0.3) is 11.3 Å². The predicted octanol–water partition coefficient (Wildman–Crippen LogP) is 3.57. The minimum atomic E-state index is -1.30. The van der Waals surface area contributed by atoms with Gasteiger partial charge in [-0.25, -0.2) is 4.98 Å². The Kier molecular flexibility index (Phi) is 3.16. The van der Waals surface area contributed by atoms with Gasteiger partial charge in [-0.05, 0) is 24.3 Å². The lowest BCUT2D eigenvalue weighted by molar-refractivity contribution is 0.572.